The quantitative estimate of drug-likeness (QED) is 0.339. The van der Waals surface area contributed by atoms with Gasteiger partial charge in [0, 0.05) is 0 Å². The highest BCUT2D eigenvalue weighted by molar-refractivity contribution is 6.27. The maximum Gasteiger partial charge on any atom is 0.488 e. The van der Waals surface area contributed by atoms with E-state index in [4.69, 9.17) is 0 Å². The third kappa shape index (κ3) is 3.90. The van der Waals surface area contributed by atoms with E-state index in [1.54, 1.807) is 7.48 Å². The first-order valence-electron chi connectivity index (χ1n) is 3.15. The van der Waals surface area contributed by atoms with Crippen LogP contribution in [0.3, 0.4) is 0 Å². The molecule has 0 aromatic carbocycles. The molecule has 2 rings (SSSR count). The molecular weight excluding hydrogens is 134 g/mol. The van der Waals surface area contributed by atoms with E-state index in [0.717, 1.165) is 26.1 Å². The predicted molar refractivity (Wildman–Crippen MR) is 35.3 cm³/mol. The molecule has 0 N–H and O–H groups in total. The van der Waals surface area contributed by atoms with Gasteiger partial charge in [0.1, 0.15) is 0 Å². The van der Waals surface area contributed by atoms with Crippen molar-refractivity contribution in [3.05, 3.63) is 0 Å². The summed E-state index contributed by atoms with van der Waals surface area (Å²) in [5.41, 5.74) is 0. The molecule has 4 nitrogen and oxygen atoms in total. The Balaban J connectivity index is 0.0000001000. The van der Waals surface area contributed by atoms with E-state index < -0.39 is 0 Å². The first kappa shape index (κ1) is 8.07. The van der Waals surface area contributed by atoms with Crippen LogP contribution < -0.4 is 0 Å². The van der Waals surface area contributed by atoms with E-state index in [2.05, 4.69) is 19.0 Å². The average Bonchev–Trinajstić information content (AvgIpc) is 2.67. The lowest BCUT2D eigenvalue weighted by atomic mass is 9.99. The predicted octanol–water partition coefficient (Wildman–Crippen LogP) is -0.447. The van der Waals surface area contributed by atoms with E-state index in [1.807, 2.05) is 0 Å². The van der Waals surface area contributed by atoms with Crippen molar-refractivity contribution < 1.29 is 19.0 Å². The molecule has 10 heavy (non-hydrogen) atoms. The van der Waals surface area contributed by atoms with Gasteiger partial charge in [-0.3, -0.25) is 4.89 Å². The largest absolute Gasteiger partial charge is 0.488 e. The molecule has 0 saturated carbocycles. The van der Waals surface area contributed by atoms with Crippen LogP contribution in [0.5, 0.6) is 0 Å². The molecule has 0 spiro atoms. The van der Waals surface area contributed by atoms with Crippen LogP contribution in [0.25, 0.3) is 0 Å². The normalized spacial score (nSPS) is 22.4. The summed E-state index contributed by atoms with van der Waals surface area (Å²) >= 11 is 0. The first-order valence-corrected chi connectivity index (χ1v) is 3.15. The summed E-state index contributed by atoms with van der Waals surface area (Å²) in [7, 11) is 3.00. The smallest absolute Gasteiger partial charge is 0.411 e. The van der Waals surface area contributed by atoms with Crippen LogP contribution in [0.1, 0.15) is 0 Å². The van der Waals surface area contributed by atoms with E-state index in [1.165, 1.54) is 7.69 Å². The molecule has 2 aliphatic rings. The van der Waals surface area contributed by atoms with Gasteiger partial charge in [0.15, 0.2) is 0 Å². The number of hydrogen-bond donors (Lipinski definition) is 0. The van der Waals surface area contributed by atoms with Gasteiger partial charge >= 0.3 is 15.2 Å². The summed E-state index contributed by atoms with van der Waals surface area (Å²) < 4.78 is 9.19. The Labute approximate surface area is 61.3 Å². The fourth-order valence-electron chi connectivity index (χ4n) is 0.481. The van der Waals surface area contributed by atoms with Gasteiger partial charge < -0.3 is 14.1 Å². The second-order valence-corrected chi connectivity index (χ2v) is 1.71. The summed E-state index contributed by atoms with van der Waals surface area (Å²) in [5, 5.41) is 0. The van der Waals surface area contributed by atoms with Crippen molar-refractivity contribution in [2.24, 2.45) is 0 Å². The van der Waals surface area contributed by atoms with Gasteiger partial charge in [-0.25, -0.2) is 0 Å². The van der Waals surface area contributed by atoms with Crippen LogP contribution in [-0.2, 0) is 19.0 Å². The Morgan fingerprint density at radius 2 is 1.80 bits per heavy atom. The highest BCUT2D eigenvalue weighted by Crippen LogP contribution is 1.91. The molecule has 0 atom stereocenters. The topological polar surface area (TPSA) is 36.9 Å². The maximum atomic E-state index is 4.60. The second-order valence-electron chi connectivity index (χ2n) is 1.71. The van der Waals surface area contributed by atoms with Crippen LogP contribution in [0.4, 0.5) is 0 Å². The molecule has 2 saturated heterocycles. The summed E-state index contributed by atoms with van der Waals surface area (Å²) in [5.74, 6) is 0. The van der Waals surface area contributed by atoms with E-state index in [-0.39, 0.29) is 0 Å². The Morgan fingerprint density at radius 1 is 1.00 bits per heavy atom. The lowest BCUT2D eigenvalue weighted by molar-refractivity contribution is -0.181. The number of rotatable bonds is 0. The SMILES string of the molecule is [B]1CCOO1.[B]1OCCO1. The zero-order valence-electron chi connectivity index (χ0n) is 5.62. The van der Waals surface area contributed by atoms with Gasteiger partial charge in [0.2, 0.25) is 0 Å². The number of hydrogen-bond acceptors (Lipinski definition) is 4. The minimum absolute atomic E-state index is 0.722. The standard InChI is InChI=1S/2C2H4BO2/c1-2-5-3-4-1;1-2-4-5-3-1/h2*1-2H2. The second kappa shape index (κ2) is 5.73. The van der Waals surface area contributed by atoms with Crippen LogP contribution in [0, 0.1) is 0 Å². The Morgan fingerprint density at radius 3 is 2.00 bits per heavy atom. The van der Waals surface area contributed by atoms with Gasteiger partial charge in [-0.1, -0.05) is 0 Å². The summed E-state index contributed by atoms with van der Waals surface area (Å²) in [4.78, 5) is 8.71. The van der Waals surface area contributed by atoms with Crippen LogP contribution in [0.15, 0.2) is 0 Å². The summed E-state index contributed by atoms with van der Waals surface area (Å²) in [6.45, 7) is 2.17. The molecule has 0 aromatic rings. The molecule has 0 aromatic heterocycles. The molecule has 2 radical (unpaired) electrons. The zero-order chi connectivity index (χ0) is 7.07. The van der Waals surface area contributed by atoms with E-state index in [0.29, 0.717) is 0 Å². The van der Waals surface area contributed by atoms with Gasteiger partial charge in [-0.2, -0.15) is 0 Å². The molecule has 0 unspecified atom stereocenters. The summed E-state index contributed by atoms with van der Waals surface area (Å²) in [6, 6.07) is 0. The van der Waals surface area contributed by atoms with Crippen molar-refractivity contribution in [1.29, 1.82) is 0 Å². The molecule has 0 amide bonds. The molecule has 2 fully saturated rings. The lowest BCUT2D eigenvalue weighted by Crippen LogP contribution is -1.83. The lowest BCUT2D eigenvalue weighted by Gasteiger charge is -1.79. The highest BCUT2D eigenvalue weighted by Gasteiger charge is 2.00. The van der Waals surface area contributed by atoms with Crippen molar-refractivity contribution in [3.63, 3.8) is 0 Å². The third-order valence-corrected chi connectivity index (χ3v) is 0.910. The van der Waals surface area contributed by atoms with Crippen LogP contribution in [0.2, 0.25) is 6.32 Å². The molecule has 6 heteroatoms. The molecule has 54 valence electrons. The van der Waals surface area contributed by atoms with Crippen molar-refractivity contribution in [3.8, 4) is 0 Å². The van der Waals surface area contributed by atoms with E-state index >= 15 is 0 Å². The van der Waals surface area contributed by atoms with Gasteiger partial charge in [0.05, 0.1) is 19.8 Å². The Bertz CT molecular complexity index is 48.4. The molecule has 0 bridgehead atoms. The van der Waals surface area contributed by atoms with Crippen LogP contribution >= 0.6 is 0 Å². The Kier molecular flexibility index (Phi) is 4.63. The molecule has 2 aliphatic heterocycles. The third-order valence-electron chi connectivity index (χ3n) is 0.910. The Hall–Kier alpha value is -0.0301. The molecule has 2 heterocycles. The fourth-order valence-corrected chi connectivity index (χ4v) is 0.481. The zero-order valence-corrected chi connectivity index (χ0v) is 5.62. The van der Waals surface area contributed by atoms with Crippen LogP contribution in [-0.4, -0.2) is 35.0 Å². The van der Waals surface area contributed by atoms with E-state index in [9.17, 15) is 0 Å². The minimum atomic E-state index is 0.722. The maximum absolute atomic E-state index is 4.60. The molecular formula is C4H8B2O4. The van der Waals surface area contributed by atoms with Crippen molar-refractivity contribution >= 4 is 15.2 Å². The van der Waals surface area contributed by atoms with Gasteiger partial charge in [-0.15, -0.1) is 0 Å². The molecule has 0 aliphatic carbocycles. The average molecular weight is 142 g/mol. The van der Waals surface area contributed by atoms with Crippen molar-refractivity contribution in [2.75, 3.05) is 19.8 Å². The highest BCUT2D eigenvalue weighted by atomic mass is 17.2. The first-order chi connectivity index (χ1) is 5.00. The van der Waals surface area contributed by atoms with Crippen molar-refractivity contribution in [2.45, 2.75) is 6.32 Å². The van der Waals surface area contributed by atoms with Gasteiger partial charge in [0.25, 0.3) is 0 Å². The monoisotopic (exact) mass is 142 g/mol. The fraction of sp³-hybridized carbons (Fsp3) is 1.00. The van der Waals surface area contributed by atoms with Gasteiger partial charge in [-0.05, 0) is 6.32 Å². The van der Waals surface area contributed by atoms with Crippen molar-refractivity contribution in [1.82, 2.24) is 0 Å². The minimum Gasteiger partial charge on any atom is -0.411 e. The summed E-state index contributed by atoms with van der Waals surface area (Å²) in [6.07, 6.45) is 0.931.